The maximum atomic E-state index is 6.17. The smallest absolute Gasteiger partial charge is 0.0756 e. The molecule has 19 heavy (non-hydrogen) atoms. The number of hydrogen-bond donors (Lipinski definition) is 1. The predicted molar refractivity (Wildman–Crippen MR) is 84.4 cm³/mol. The fourth-order valence-corrected chi connectivity index (χ4v) is 2.45. The molecule has 0 saturated heterocycles. The topological polar surface area (TPSA) is 24.9 Å². The molecule has 2 nitrogen and oxygen atoms in total. The molecule has 102 valence electrons. The summed E-state index contributed by atoms with van der Waals surface area (Å²) in [6.45, 7) is 11.6. The number of pyridine rings is 1. The molecule has 0 amide bonds. The van der Waals surface area contributed by atoms with Gasteiger partial charge in [-0.15, -0.1) is 0 Å². The third-order valence-corrected chi connectivity index (χ3v) is 3.42. The van der Waals surface area contributed by atoms with Crippen molar-refractivity contribution in [1.29, 1.82) is 0 Å². The minimum absolute atomic E-state index is 0.0322. The van der Waals surface area contributed by atoms with Crippen LogP contribution in [0.5, 0.6) is 0 Å². The number of halogens is 1. The van der Waals surface area contributed by atoms with E-state index in [1.807, 2.05) is 12.1 Å². The molecule has 0 aliphatic carbocycles. The number of aryl methyl sites for hydroxylation is 1. The third kappa shape index (κ3) is 2.84. The van der Waals surface area contributed by atoms with E-state index in [4.69, 9.17) is 16.6 Å². The number of hydrogen-bond acceptors (Lipinski definition) is 2. The summed E-state index contributed by atoms with van der Waals surface area (Å²) in [5, 5.41) is 5.27. The fourth-order valence-electron chi connectivity index (χ4n) is 2.18. The van der Waals surface area contributed by atoms with Crippen LogP contribution in [0.4, 0.5) is 5.69 Å². The molecule has 1 heterocycles. The zero-order chi connectivity index (χ0) is 14.2. The van der Waals surface area contributed by atoms with Gasteiger partial charge in [0.15, 0.2) is 0 Å². The number of fused-ring (bicyclic) bond motifs is 1. The molecule has 0 bridgehead atoms. The van der Waals surface area contributed by atoms with Gasteiger partial charge in [-0.3, -0.25) is 4.98 Å². The van der Waals surface area contributed by atoms with Gasteiger partial charge in [0.05, 0.1) is 5.52 Å². The number of rotatable bonds is 2. The highest BCUT2D eigenvalue weighted by molar-refractivity contribution is 6.31. The fraction of sp³-hybridized carbons (Fsp3) is 0.438. The molecule has 2 rings (SSSR count). The zero-order valence-corrected chi connectivity index (χ0v) is 13.0. The number of anilines is 1. The minimum atomic E-state index is 0.0322. The van der Waals surface area contributed by atoms with Crippen LogP contribution in [0.2, 0.25) is 5.02 Å². The number of nitrogens with zero attached hydrogens (tertiary/aromatic N) is 1. The first-order valence-corrected chi connectivity index (χ1v) is 7.06. The number of benzene rings is 1. The molecule has 1 N–H and O–H groups in total. The summed E-state index contributed by atoms with van der Waals surface area (Å²) in [7, 11) is 0. The molecule has 2 aromatic rings. The van der Waals surface area contributed by atoms with Crippen LogP contribution in [0, 0.1) is 6.92 Å². The highest BCUT2D eigenvalue weighted by Gasteiger charge is 2.18. The van der Waals surface area contributed by atoms with Crippen molar-refractivity contribution < 1.29 is 0 Å². The second kappa shape index (κ2) is 5.01. The van der Waals surface area contributed by atoms with E-state index in [0.717, 1.165) is 39.4 Å². The van der Waals surface area contributed by atoms with Crippen molar-refractivity contribution in [3.63, 3.8) is 0 Å². The lowest BCUT2D eigenvalue weighted by molar-refractivity contribution is 0.571. The van der Waals surface area contributed by atoms with Gasteiger partial charge in [-0.2, -0.15) is 0 Å². The van der Waals surface area contributed by atoms with Crippen LogP contribution in [-0.2, 0) is 5.41 Å². The summed E-state index contributed by atoms with van der Waals surface area (Å²) >= 11 is 6.17. The first-order chi connectivity index (χ1) is 8.82. The number of aromatic nitrogens is 1. The Morgan fingerprint density at radius 1 is 1.21 bits per heavy atom. The van der Waals surface area contributed by atoms with Crippen LogP contribution >= 0.6 is 11.6 Å². The van der Waals surface area contributed by atoms with E-state index in [9.17, 15) is 0 Å². The van der Waals surface area contributed by atoms with E-state index in [0.29, 0.717) is 0 Å². The Labute approximate surface area is 120 Å². The molecule has 0 radical (unpaired) electrons. The summed E-state index contributed by atoms with van der Waals surface area (Å²) in [6, 6.07) is 6.10. The van der Waals surface area contributed by atoms with Crippen molar-refractivity contribution in [3.05, 3.63) is 34.5 Å². The summed E-state index contributed by atoms with van der Waals surface area (Å²) in [5.41, 5.74) is 4.40. The lowest BCUT2D eigenvalue weighted by atomic mass is 9.90. The van der Waals surface area contributed by atoms with Gasteiger partial charge in [-0.05, 0) is 37.6 Å². The predicted octanol–water partition coefficient (Wildman–Crippen LogP) is 4.93. The molecular weight excluding hydrogens is 256 g/mol. The Hall–Kier alpha value is -1.28. The van der Waals surface area contributed by atoms with Crippen molar-refractivity contribution in [2.75, 3.05) is 11.9 Å². The quantitative estimate of drug-likeness (QED) is 0.842. The normalized spacial score (nSPS) is 11.9. The highest BCUT2D eigenvalue weighted by atomic mass is 35.5. The first-order valence-electron chi connectivity index (χ1n) is 6.68. The van der Waals surface area contributed by atoms with Crippen LogP contribution in [0.25, 0.3) is 10.9 Å². The average Bonchev–Trinajstić information content (AvgIpc) is 2.28. The maximum Gasteiger partial charge on any atom is 0.0756 e. The molecule has 0 aliphatic rings. The van der Waals surface area contributed by atoms with Crippen molar-refractivity contribution >= 4 is 28.2 Å². The molecule has 0 aliphatic heterocycles. The Bertz CT molecular complexity index is 612. The number of nitrogens with one attached hydrogen (secondary N) is 1. The molecule has 0 saturated carbocycles. The van der Waals surface area contributed by atoms with E-state index < -0.39 is 0 Å². The van der Waals surface area contributed by atoms with Crippen molar-refractivity contribution in [3.8, 4) is 0 Å². The van der Waals surface area contributed by atoms with Crippen molar-refractivity contribution in [2.24, 2.45) is 0 Å². The van der Waals surface area contributed by atoms with Crippen LogP contribution in [-0.4, -0.2) is 11.5 Å². The van der Waals surface area contributed by atoms with Gasteiger partial charge in [0.1, 0.15) is 0 Å². The largest absolute Gasteiger partial charge is 0.385 e. The summed E-state index contributed by atoms with van der Waals surface area (Å²) in [5.74, 6) is 0. The molecule has 3 heteroatoms. The van der Waals surface area contributed by atoms with E-state index in [-0.39, 0.29) is 5.41 Å². The summed E-state index contributed by atoms with van der Waals surface area (Å²) in [4.78, 5) is 4.83. The van der Waals surface area contributed by atoms with Crippen LogP contribution in [0.15, 0.2) is 18.2 Å². The van der Waals surface area contributed by atoms with Gasteiger partial charge < -0.3 is 5.32 Å². The van der Waals surface area contributed by atoms with Gasteiger partial charge in [0, 0.05) is 33.7 Å². The molecular formula is C16H21ClN2. The Morgan fingerprint density at radius 3 is 2.47 bits per heavy atom. The van der Waals surface area contributed by atoms with Gasteiger partial charge >= 0.3 is 0 Å². The maximum absolute atomic E-state index is 6.17. The average molecular weight is 277 g/mol. The van der Waals surface area contributed by atoms with Crippen LogP contribution < -0.4 is 5.32 Å². The van der Waals surface area contributed by atoms with E-state index in [2.05, 4.69) is 46.0 Å². The molecule has 1 aromatic carbocycles. The van der Waals surface area contributed by atoms with E-state index in [1.165, 1.54) is 0 Å². The van der Waals surface area contributed by atoms with Crippen molar-refractivity contribution in [1.82, 2.24) is 4.98 Å². The van der Waals surface area contributed by atoms with Crippen molar-refractivity contribution in [2.45, 2.75) is 40.0 Å². The third-order valence-electron chi connectivity index (χ3n) is 3.20. The first kappa shape index (κ1) is 14.1. The molecule has 1 aromatic heterocycles. The summed E-state index contributed by atoms with van der Waals surface area (Å²) < 4.78 is 0. The van der Waals surface area contributed by atoms with Gasteiger partial charge in [0.2, 0.25) is 0 Å². The van der Waals surface area contributed by atoms with E-state index >= 15 is 0 Å². The SMILES string of the molecule is CCNc1cc(C(C)(C)C)nc2c(C)cc(Cl)cc12. The lowest BCUT2D eigenvalue weighted by Crippen LogP contribution is -2.14. The minimum Gasteiger partial charge on any atom is -0.385 e. The Balaban J connectivity index is 2.79. The molecule has 0 atom stereocenters. The molecule has 0 fully saturated rings. The van der Waals surface area contributed by atoms with Crippen LogP contribution in [0.3, 0.4) is 0 Å². The van der Waals surface area contributed by atoms with E-state index in [1.54, 1.807) is 0 Å². The standard InChI is InChI=1S/C16H21ClN2/c1-6-18-13-9-14(16(3,4)5)19-15-10(2)7-11(17)8-12(13)15/h7-9H,6H2,1-5H3,(H,18,19). The summed E-state index contributed by atoms with van der Waals surface area (Å²) in [6.07, 6.45) is 0. The molecule has 0 spiro atoms. The lowest BCUT2D eigenvalue weighted by Gasteiger charge is -2.21. The van der Waals surface area contributed by atoms with Crippen LogP contribution in [0.1, 0.15) is 39.0 Å². The Kier molecular flexibility index (Phi) is 3.73. The zero-order valence-electron chi connectivity index (χ0n) is 12.3. The Morgan fingerprint density at radius 2 is 1.89 bits per heavy atom. The second-order valence-corrected chi connectivity index (χ2v) is 6.39. The highest BCUT2D eigenvalue weighted by Crippen LogP contribution is 2.32. The molecule has 0 unspecified atom stereocenters. The monoisotopic (exact) mass is 276 g/mol. The van der Waals surface area contributed by atoms with Gasteiger partial charge in [0.25, 0.3) is 0 Å². The second-order valence-electron chi connectivity index (χ2n) is 5.95. The van der Waals surface area contributed by atoms with Gasteiger partial charge in [-0.1, -0.05) is 32.4 Å². The van der Waals surface area contributed by atoms with Gasteiger partial charge in [-0.25, -0.2) is 0 Å².